The Morgan fingerprint density at radius 3 is 2.55 bits per heavy atom. The highest BCUT2D eigenvalue weighted by Crippen LogP contribution is 2.33. The third-order valence-corrected chi connectivity index (χ3v) is 6.27. The summed E-state index contributed by atoms with van der Waals surface area (Å²) in [5, 5.41) is 3.45. The van der Waals surface area contributed by atoms with Crippen molar-refractivity contribution in [2.45, 2.75) is 26.2 Å². The molecule has 8 nitrogen and oxygen atoms in total. The first kappa shape index (κ1) is 24.2. The summed E-state index contributed by atoms with van der Waals surface area (Å²) in [4.78, 5) is 29.2. The van der Waals surface area contributed by atoms with Gasteiger partial charge in [-0.2, -0.15) is 0 Å². The van der Waals surface area contributed by atoms with E-state index in [2.05, 4.69) is 10.3 Å². The molecule has 0 unspecified atom stereocenters. The zero-order valence-electron chi connectivity index (χ0n) is 18.9. The molecule has 1 N–H and O–H groups in total. The molecule has 0 saturated heterocycles. The van der Waals surface area contributed by atoms with Gasteiger partial charge in [-0.15, -0.1) is 0 Å². The Hall–Kier alpha value is -3.46. The molecular formula is C24H27N3O5S. The second-order valence-electron chi connectivity index (χ2n) is 7.89. The number of amides is 2. The van der Waals surface area contributed by atoms with Crippen LogP contribution in [0.25, 0.3) is 10.9 Å². The maximum atomic E-state index is 12.4. The van der Waals surface area contributed by atoms with Crippen LogP contribution in [0.2, 0.25) is 0 Å². The Balaban J connectivity index is 1.69. The highest BCUT2D eigenvalue weighted by molar-refractivity contribution is 7.90. The number of hydrogen-bond donors (Lipinski definition) is 1. The number of rotatable bonds is 10. The SMILES string of the molecule is Cc1cc2nccc(Oc3ccc(N(C)C(=O)CCCCS(C)(=O)=O)cc3)c2cc1NC=O. The molecule has 3 aromatic rings. The smallest absolute Gasteiger partial charge is 0.226 e. The minimum atomic E-state index is -3.01. The van der Waals surface area contributed by atoms with Gasteiger partial charge in [0.2, 0.25) is 12.3 Å². The molecule has 174 valence electrons. The number of anilines is 2. The quantitative estimate of drug-likeness (QED) is 0.354. The maximum Gasteiger partial charge on any atom is 0.226 e. The third kappa shape index (κ3) is 6.52. The molecule has 3 rings (SSSR count). The van der Waals surface area contributed by atoms with Gasteiger partial charge in [-0.1, -0.05) is 0 Å². The monoisotopic (exact) mass is 469 g/mol. The van der Waals surface area contributed by atoms with E-state index < -0.39 is 9.84 Å². The maximum absolute atomic E-state index is 12.4. The first-order valence-electron chi connectivity index (χ1n) is 10.5. The Bertz CT molecular complexity index is 1260. The van der Waals surface area contributed by atoms with Gasteiger partial charge in [0.05, 0.1) is 5.52 Å². The molecule has 0 bridgehead atoms. The van der Waals surface area contributed by atoms with E-state index in [1.807, 2.05) is 19.1 Å². The molecule has 1 heterocycles. The molecule has 0 spiro atoms. The van der Waals surface area contributed by atoms with Crippen LogP contribution in [-0.4, -0.2) is 44.8 Å². The van der Waals surface area contributed by atoms with Gasteiger partial charge >= 0.3 is 0 Å². The molecule has 2 amide bonds. The summed E-state index contributed by atoms with van der Waals surface area (Å²) in [7, 11) is -1.32. The Morgan fingerprint density at radius 1 is 1.15 bits per heavy atom. The van der Waals surface area contributed by atoms with E-state index in [1.54, 1.807) is 48.5 Å². The number of carbonyl (C=O) groups is 2. The number of unbranched alkanes of at least 4 members (excludes halogenated alkanes) is 1. The van der Waals surface area contributed by atoms with E-state index in [1.165, 1.54) is 6.26 Å². The fraction of sp³-hybridized carbons (Fsp3) is 0.292. The standard InChI is InChI=1S/C24H27N3O5S/c1-17-14-22-20(15-21(17)26-16-28)23(11-12-25-22)32-19-9-7-18(8-10-19)27(2)24(29)6-4-5-13-33(3,30)31/h7-12,14-16H,4-6,13H2,1-3H3,(H,26,28). The Labute approximate surface area is 193 Å². The molecule has 0 fully saturated rings. The first-order chi connectivity index (χ1) is 15.7. The van der Waals surface area contributed by atoms with Gasteiger partial charge in [0, 0.05) is 48.4 Å². The number of pyridine rings is 1. The second-order valence-corrected chi connectivity index (χ2v) is 10.2. The van der Waals surface area contributed by atoms with Crippen molar-refractivity contribution in [3.05, 3.63) is 54.2 Å². The number of fused-ring (bicyclic) bond motifs is 1. The molecule has 33 heavy (non-hydrogen) atoms. The van der Waals surface area contributed by atoms with E-state index in [0.717, 1.165) is 16.5 Å². The topological polar surface area (TPSA) is 106 Å². The van der Waals surface area contributed by atoms with Crippen LogP contribution in [0.3, 0.4) is 0 Å². The number of ether oxygens (including phenoxy) is 1. The van der Waals surface area contributed by atoms with Crippen LogP contribution in [0.1, 0.15) is 24.8 Å². The fourth-order valence-electron chi connectivity index (χ4n) is 3.40. The number of nitrogens with zero attached hydrogens (tertiary/aromatic N) is 2. The van der Waals surface area contributed by atoms with Gasteiger partial charge < -0.3 is 15.0 Å². The van der Waals surface area contributed by atoms with Crippen LogP contribution in [-0.2, 0) is 19.4 Å². The molecule has 9 heteroatoms. The lowest BCUT2D eigenvalue weighted by Gasteiger charge is -2.18. The summed E-state index contributed by atoms with van der Waals surface area (Å²) in [5.41, 5.74) is 3.04. The number of aryl methyl sites for hydroxylation is 1. The number of benzene rings is 2. The summed E-state index contributed by atoms with van der Waals surface area (Å²) in [6.45, 7) is 1.89. The van der Waals surface area contributed by atoms with E-state index in [0.29, 0.717) is 42.1 Å². The van der Waals surface area contributed by atoms with E-state index >= 15 is 0 Å². The average Bonchev–Trinajstić information content (AvgIpc) is 2.77. The largest absolute Gasteiger partial charge is 0.457 e. The molecule has 1 aromatic heterocycles. The fourth-order valence-corrected chi connectivity index (χ4v) is 4.13. The van der Waals surface area contributed by atoms with Gasteiger partial charge in [-0.25, -0.2) is 8.42 Å². The molecule has 0 aliphatic heterocycles. The Kier molecular flexibility index (Phi) is 7.65. The number of carbonyl (C=O) groups excluding carboxylic acids is 2. The minimum absolute atomic E-state index is 0.0807. The van der Waals surface area contributed by atoms with Crippen LogP contribution in [0.5, 0.6) is 11.5 Å². The van der Waals surface area contributed by atoms with E-state index in [4.69, 9.17) is 4.74 Å². The van der Waals surface area contributed by atoms with Crippen molar-refractivity contribution in [2.75, 3.05) is 29.3 Å². The zero-order chi connectivity index (χ0) is 24.0. The lowest BCUT2D eigenvalue weighted by Crippen LogP contribution is -2.25. The molecule has 0 aliphatic carbocycles. The number of aromatic nitrogens is 1. The van der Waals surface area contributed by atoms with E-state index in [-0.39, 0.29) is 18.1 Å². The highest BCUT2D eigenvalue weighted by atomic mass is 32.2. The van der Waals surface area contributed by atoms with Crippen molar-refractivity contribution in [3.8, 4) is 11.5 Å². The summed E-state index contributed by atoms with van der Waals surface area (Å²) < 4.78 is 28.5. The van der Waals surface area contributed by atoms with Crippen molar-refractivity contribution in [1.29, 1.82) is 0 Å². The molecule has 2 aromatic carbocycles. The number of sulfone groups is 1. The van der Waals surface area contributed by atoms with Gasteiger partial charge in [0.1, 0.15) is 21.3 Å². The van der Waals surface area contributed by atoms with Gasteiger partial charge in [0.25, 0.3) is 0 Å². The molecule has 0 radical (unpaired) electrons. The molecule has 0 aliphatic rings. The van der Waals surface area contributed by atoms with E-state index in [9.17, 15) is 18.0 Å². The van der Waals surface area contributed by atoms with Crippen molar-refractivity contribution < 1.29 is 22.7 Å². The van der Waals surface area contributed by atoms with Crippen LogP contribution in [0.15, 0.2) is 48.7 Å². The summed E-state index contributed by atoms with van der Waals surface area (Å²) in [6.07, 6.45) is 4.76. The Morgan fingerprint density at radius 2 is 1.88 bits per heavy atom. The zero-order valence-corrected chi connectivity index (χ0v) is 19.7. The predicted octanol–water partition coefficient (Wildman–Crippen LogP) is 4.08. The van der Waals surface area contributed by atoms with Crippen LogP contribution in [0, 0.1) is 6.92 Å². The molecule has 0 saturated carbocycles. The summed E-state index contributed by atoms with van der Waals surface area (Å²) in [5.74, 6) is 1.19. The van der Waals surface area contributed by atoms with Crippen molar-refractivity contribution >= 4 is 44.4 Å². The van der Waals surface area contributed by atoms with Crippen LogP contribution < -0.4 is 15.0 Å². The predicted molar refractivity (Wildman–Crippen MR) is 130 cm³/mol. The average molecular weight is 470 g/mol. The van der Waals surface area contributed by atoms with Crippen molar-refractivity contribution in [2.24, 2.45) is 0 Å². The summed E-state index contributed by atoms with van der Waals surface area (Å²) >= 11 is 0. The van der Waals surface area contributed by atoms with Gasteiger partial charge in [0.15, 0.2) is 0 Å². The lowest BCUT2D eigenvalue weighted by molar-refractivity contribution is -0.118. The number of hydrogen-bond acceptors (Lipinski definition) is 6. The van der Waals surface area contributed by atoms with Crippen LogP contribution >= 0.6 is 0 Å². The second kappa shape index (κ2) is 10.4. The summed E-state index contributed by atoms with van der Waals surface area (Å²) in [6, 6.07) is 12.6. The third-order valence-electron chi connectivity index (χ3n) is 5.24. The van der Waals surface area contributed by atoms with Crippen molar-refractivity contribution in [3.63, 3.8) is 0 Å². The number of nitrogens with one attached hydrogen (secondary N) is 1. The normalized spacial score (nSPS) is 11.2. The van der Waals surface area contributed by atoms with Crippen LogP contribution in [0.4, 0.5) is 11.4 Å². The molecule has 0 atom stereocenters. The first-order valence-corrected chi connectivity index (χ1v) is 12.6. The molecular weight excluding hydrogens is 442 g/mol. The lowest BCUT2D eigenvalue weighted by atomic mass is 10.1. The minimum Gasteiger partial charge on any atom is -0.457 e. The van der Waals surface area contributed by atoms with Gasteiger partial charge in [-0.05, 0) is 67.8 Å². The van der Waals surface area contributed by atoms with Gasteiger partial charge in [-0.3, -0.25) is 14.6 Å². The highest BCUT2D eigenvalue weighted by Gasteiger charge is 2.13. The van der Waals surface area contributed by atoms with Crippen molar-refractivity contribution in [1.82, 2.24) is 4.98 Å².